The number of hydrogen-bond acceptors (Lipinski definition) is 6. The van der Waals surface area contributed by atoms with Crippen LogP contribution in [-0.2, 0) is 16.0 Å². The molecule has 1 aliphatic rings. The van der Waals surface area contributed by atoms with E-state index in [0.717, 1.165) is 0 Å². The molecule has 1 amide bonds. The van der Waals surface area contributed by atoms with Gasteiger partial charge in [-0.1, -0.05) is 12.1 Å². The van der Waals surface area contributed by atoms with Crippen molar-refractivity contribution in [1.29, 1.82) is 0 Å². The van der Waals surface area contributed by atoms with E-state index < -0.39 is 23.0 Å². The Labute approximate surface area is 223 Å². The first-order chi connectivity index (χ1) is 18.8. The molecule has 1 aliphatic carbocycles. The van der Waals surface area contributed by atoms with Gasteiger partial charge in [0.25, 0.3) is 0 Å². The number of benzene rings is 3. The number of aromatic nitrogens is 1. The van der Waals surface area contributed by atoms with Crippen LogP contribution in [0.25, 0.3) is 10.9 Å². The number of ether oxygens (including phenoxy) is 3. The predicted molar refractivity (Wildman–Crippen MR) is 142 cm³/mol. The average Bonchev–Trinajstić information content (AvgIpc) is 3.76. The van der Waals surface area contributed by atoms with Crippen molar-refractivity contribution in [3.05, 3.63) is 84.1 Å². The molecule has 1 saturated carbocycles. The Hall–Kier alpha value is -4.53. The molecule has 0 radical (unpaired) electrons. The molecule has 0 atom stereocenters. The first-order valence-corrected chi connectivity index (χ1v) is 12.3. The van der Waals surface area contributed by atoms with Gasteiger partial charge < -0.3 is 19.1 Å². The van der Waals surface area contributed by atoms with Crippen molar-refractivity contribution < 1.29 is 32.6 Å². The minimum absolute atomic E-state index is 0.0253. The number of anilines is 1. The zero-order valence-electron chi connectivity index (χ0n) is 21.7. The van der Waals surface area contributed by atoms with Gasteiger partial charge >= 0.3 is 0 Å². The molecule has 0 N–H and O–H groups in total. The standard InChI is InChI=1S/C30H26F2N2O5/c1-34(29(36)30(11-12-30)28(35)14-18-4-6-19(31)7-5-18)20-8-9-25(22(32)15-20)39-24-10-13-33-23-17-27(38-3)26(37-2)16-21(23)24/h4-10,13,15-17H,11-12,14H2,1-3H3. The van der Waals surface area contributed by atoms with Gasteiger partial charge in [0.2, 0.25) is 5.91 Å². The van der Waals surface area contributed by atoms with Crippen LogP contribution in [0.4, 0.5) is 14.5 Å². The van der Waals surface area contributed by atoms with Crippen LogP contribution in [0.15, 0.2) is 66.9 Å². The molecule has 9 heteroatoms. The van der Waals surface area contributed by atoms with Crippen LogP contribution in [0.3, 0.4) is 0 Å². The smallest absolute Gasteiger partial charge is 0.240 e. The van der Waals surface area contributed by atoms with Crippen LogP contribution in [0, 0.1) is 17.0 Å². The number of pyridine rings is 1. The summed E-state index contributed by atoms with van der Waals surface area (Å²) < 4.78 is 45.0. The summed E-state index contributed by atoms with van der Waals surface area (Å²) in [7, 11) is 4.55. The summed E-state index contributed by atoms with van der Waals surface area (Å²) in [5.41, 5.74) is 0.352. The molecule has 1 heterocycles. The fourth-order valence-corrected chi connectivity index (χ4v) is 4.57. The largest absolute Gasteiger partial charge is 0.493 e. The molecule has 5 rings (SSSR count). The summed E-state index contributed by atoms with van der Waals surface area (Å²) in [6, 6.07) is 14.8. The fourth-order valence-electron chi connectivity index (χ4n) is 4.57. The van der Waals surface area contributed by atoms with Crippen molar-refractivity contribution in [2.75, 3.05) is 26.2 Å². The monoisotopic (exact) mass is 532 g/mol. The lowest BCUT2D eigenvalue weighted by atomic mass is 9.93. The number of halogens is 2. The molecular weight excluding hydrogens is 506 g/mol. The maximum atomic E-state index is 15.2. The lowest BCUT2D eigenvalue weighted by Gasteiger charge is -2.23. The fraction of sp³-hybridized carbons (Fsp3) is 0.233. The Bertz CT molecular complexity index is 1570. The highest BCUT2D eigenvalue weighted by Crippen LogP contribution is 2.49. The minimum Gasteiger partial charge on any atom is -0.493 e. The van der Waals surface area contributed by atoms with E-state index in [0.29, 0.717) is 46.6 Å². The number of ketones is 1. The number of carbonyl (C=O) groups is 2. The summed E-state index contributed by atoms with van der Waals surface area (Å²) in [6.45, 7) is 0. The molecule has 0 bridgehead atoms. The zero-order chi connectivity index (χ0) is 27.7. The van der Waals surface area contributed by atoms with Crippen LogP contribution < -0.4 is 19.1 Å². The normalized spacial score (nSPS) is 13.6. The van der Waals surface area contributed by atoms with E-state index in [1.165, 1.54) is 62.6 Å². The van der Waals surface area contributed by atoms with Crippen LogP contribution in [0.2, 0.25) is 0 Å². The van der Waals surface area contributed by atoms with Gasteiger partial charge in [-0.3, -0.25) is 14.6 Å². The summed E-state index contributed by atoms with van der Waals surface area (Å²) in [4.78, 5) is 32.0. The van der Waals surface area contributed by atoms with Crippen LogP contribution in [-0.4, -0.2) is 37.9 Å². The molecule has 3 aromatic carbocycles. The Morgan fingerprint density at radius 2 is 1.59 bits per heavy atom. The summed E-state index contributed by atoms with van der Waals surface area (Å²) in [6.07, 6.45) is 2.41. The second-order valence-corrected chi connectivity index (χ2v) is 9.42. The van der Waals surface area contributed by atoms with E-state index >= 15 is 4.39 Å². The van der Waals surface area contributed by atoms with Crippen molar-refractivity contribution in [2.24, 2.45) is 5.41 Å². The highest BCUT2D eigenvalue weighted by Gasteiger charge is 2.56. The molecule has 1 fully saturated rings. The van der Waals surface area contributed by atoms with Crippen molar-refractivity contribution >= 4 is 28.3 Å². The van der Waals surface area contributed by atoms with Gasteiger partial charge in [-0.15, -0.1) is 0 Å². The molecule has 4 aromatic rings. The van der Waals surface area contributed by atoms with E-state index in [2.05, 4.69) is 4.98 Å². The third kappa shape index (κ3) is 4.99. The topological polar surface area (TPSA) is 78.0 Å². The van der Waals surface area contributed by atoms with Gasteiger partial charge in [0.05, 0.1) is 19.7 Å². The Morgan fingerprint density at radius 3 is 2.23 bits per heavy atom. The molecule has 0 aliphatic heterocycles. The second kappa shape index (κ2) is 10.3. The number of rotatable bonds is 9. The molecule has 39 heavy (non-hydrogen) atoms. The third-order valence-electron chi connectivity index (χ3n) is 7.01. The highest BCUT2D eigenvalue weighted by atomic mass is 19.1. The lowest BCUT2D eigenvalue weighted by molar-refractivity contribution is -0.133. The van der Waals surface area contributed by atoms with Crippen molar-refractivity contribution in [2.45, 2.75) is 19.3 Å². The molecule has 1 aromatic heterocycles. The first-order valence-electron chi connectivity index (χ1n) is 12.3. The van der Waals surface area contributed by atoms with Gasteiger partial charge in [0.1, 0.15) is 17.0 Å². The summed E-state index contributed by atoms with van der Waals surface area (Å²) in [5.74, 6) is -0.415. The Morgan fingerprint density at radius 1 is 0.897 bits per heavy atom. The lowest BCUT2D eigenvalue weighted by Crippen LogP contribution is -2.39. The van der Waals surface area contributed by atoms with Crippen molar-refractivity contribution in [3.63, 3.8) is 0 Å². The van der Waals surface area contributed by atoms with Crippen molar-refractivity contribution in [3.8, 4) is 23.0 Å². The number of methoxy groups -OCH3 is 2. The molecule has 0 saturated heterocycles. The number of amides is 1. The van der Waals surface area contributed by atoms with Crippen LogP contribution in [0.1, 0.15) is 18.4 Å². The van der Waals surface area contributed by atoms with Crippen LogP contribution in [0.5, 0.6) is 23.0 Å². The molecule has 200 valence electrons. The highest BCUT2D eigenvalue weighted by molar-refractivity contribution is 6.15. The molecule has 7 nitrogen and oxygen atoms in total. The van der Waals surface area contributed by atoms with E-state index in [9.17, 15) is 14.0 Å². The first kappa shape index (κ1) is 26.1. The summed E-state index contributed by atoms with van der Waals surface area (Å²) in [5, 5.41) is 0.598. The third-order valence-corrected chi connectivity index (χ3v) is 7.01. The maximum absolute atomic E-state index is 15.2. The van der Waals surface area contributed by atoms with Gasteiger partial charge in [0, 0.05) is 42.9 Å². The molecule has 0 spiro atoms. The van der Waals surface area contributed by atoms with E-state index in [1.54, 1.807) is 30.5 Å². The second-order valence-electron chi connectivity index (χ2n) is 9.42. The number of hydrogen-bond donors (Lipinski definition) is 0. The van der Waals surface area contributed by atoms with Gasteiger partial charge in [-0.2, -0.15) is 0 Å². The number of Topliss-reactive ketones (excluding diaryl/α,β-unsaturated/α-hetero) is 1. The van der Waals surface area contributed by atoms with Gasteiger partial charge in [-0.05, 0) is 54.8 Å². The minimum atomic E-state index is -1.15. The quantitative estimate of drug-likeness (QED) is 0.251. The average molecular weight is 533 g/mol. The Kier molecular flexibility index (Phi) is 6.91. The number of fused-ring (bicyclic) bond motifs is 1. The van der Waals surface area contributed by atoms with Crippen molar-refractivity contribution in [1.82, 2.24) is 4.98 Å². The van der Waals surface area contributed by atoms with Crippen LogP contribution >= 0.6 is 0 Å². The predicted octanol–water partition coefficient (Wildman–Crippen LogP) is 5.88. The summed E-state index contributed by atoms with van der Waals surface area (Å²) >= 11 is 0. The van der Waals surface area contributed by atoms with E-state index in [4.69, 9.17) is 14.2 Å². The van der Waals surface area contributed by atoms with E-state index in [1.807, 2.05) is 0 Å². The zero-order valence-corrected chi connectivity index (χ0v) is 21.7. The Balaban J connectivity index is 1.35. The van der Waals surface area contributed by atoms with Gasteiger partial charge in [-0.25, -0.2) is 8.78 Å². The molecule has 0 unspecified atom stereocenters. The maximum Gasteiger partial charge on any atom is 0.240 e. The van der Waals surface area contributed by atoms with E-state index in [-0.39, 0.29) is 23.6 Å². The number of nitrogens with zero attached hydrogens (tertiary/aromatic N) is 2. The SMILES string of the molecule is COc1cc2nccc(Oc3ccc(N(C)C(=O)C4(C(=O)Cc5ccc(F)cc5)CC4)cc3F)c2cc1OC. The molecular formula is C30H26F2N2O5. The van der Waals surface area contributed by atoms with Gasteiger partial charge in [0.15, 0.2) is 28.8 Å². The number of carbonyl (C=O) groups excluding carboxylic acids is 2.